The molecule has 0 aliphatic carbocycles. The fraction of sp³-hybridized carbons (Fsp3) is 0.364. The molecular weight excluding hydrogens is 183 g/mol. The van der Waals surface area contributed by atoms with E-state index in [9.17, 15) is 9.18 Å². The van der Waals surface area contributed by atoms with Crippen molar-refractivity contribution < 1.29 is 13.9 Å². The lowest BCUT2D eigenvalue weighted by atomic mass is 10.0. The molecule has 0 aromatic heterocycles. The third-order valence-corrected chi connectivity index (χ3v) is 2.37. The van der Waals surface area contributed by atoms with Gasteiger partial charge in [0.05, 0.1) is 12.2 Å². The van der Waals surface area contributed by atoms with E-state index in [0.29, 0.717) is 36.3 Å². The summed E-state index contributed by atoms with van der Waals surface area (Å²) in [5.41, 5.74) is 1.00. The third kappa shape index (κ3) is 1.50. The molecule has 0 saturated heterocycles. The number of fused-ring (bicyclic) bond motifs is 1. The largest absolute Gasteiger partial charge is 0.493 e. The number of rotatable bonds is 0. The number of hydrogen-bond donors (Lipinski definition) is 0. The standard InChI is InChI=1S/C11H11FO2/c1-7-5-8-10(13)3-2-4-14-11(8)6-9(7)12/h5-6H,2-4H2,1H3. The first kappa shape index (κ1) is 9.19. The van der Waals surface area contributed by atoms with E-state index in [1.54, 1.807) is 13.0 Å². The van der Waals surface area contributed by atoms with Gasteiger partial charge in [-0.15, -0.1) is 0 Å². The summed E-state index contributed by atoms with van der Waals surface area (Å²) in [5, 5.41) is 0. The predicted molar refractivity (Wildman–Crippen MR) is 50.2 cm³/mol. The Labute approximate surface area is 81.7 Å². The van der Waals surface area contributed by atoms with Crippen LogP contribution in [0.3, 0.4) is 0 Å². The van der Waals surface area contributed by atoms with Gasteiger partial charge in [-0.05, 0) is 25.0 Å². The molecule has 0 fully saturated rings. The average molecular weight is 194 g/mol. The zero-order valence-electron chi connectivity index (χ0n) is 7.97. The molecule has 2 rings (SSSR count). The van der Waals surface area contributed by atoms with E-state index in [1.165, 1.54) is 6.07 Å². The van der Waals surface area contributed by atoms with Crippen molar-refractivity contribution in [2.75, 3.05) is 6.61 Å². The first-order valence-corrected chi connectivity index (χ1v) is 4.64. The van der Waals surface area contributed by atoms with Crippen molar-refractivity contribution in [1.82, 2.24) is 0 Å². The summed E-state index contributed by atoms with van der Waals surface area (Å²) in [5.74, 6) is 0.106. The number of hydrogen-bond acceptors (Lipinski definition) is 2. The van der Waals surface area contributed by atoms with Crippen molar-refractivity contribution >= 4 is 5.78 Å². The average Bonchev–Trinajstić information content (AvgIpc) is 2.31. The van der Waals surface area contributed by atoms with Gasteiger partial charge in [0.2, 0.25) is 0 Å². The number of carbonyl (C=O) groups is 1. The van der Waals surface area contributed by atoms with Crippen LogP contribution in [0.15, 0.2) is 12.1 Å². The lowest BCUT2D eigenvalue weighted by molar-refractivity contribution is 0.0983. The van der Waals surface area contributed by atoms with Crippen LogP contribution in [0.5, 0.6) is 5.75 Å². The molecule has 0 spiro atoms. The molecule has 1 aliphatic rings. The van der Waals surface area contributed by atoms with Crippen LogP contribution in [0.2, 0.25) is 0 Å². The Morgan fingerprint density at radius 3 is 3.00 bits per heavy atom. The van der Waals surface area contributed by atoms with Crippen molar-refractivity contribution in [3.05, 3.63) is 29.1 Å². The van der Waals surface area contributed by atoms with E-state index in [4.69, 9.17) is 4.74 Å². The maximum Gasteiger partial charge on any atom is 0.166 e. The highest BCUT2D eigenvalue weighted by molar-refractivity contribution is 5.99. The zero-order chi connectivity index (χ0) is 10.1. The molecule has 0 amide bonds. The number of ketones is 1. The van der Waals surface area contributed by atoms with Gasteiger partial charge in [0.15, 0.2) is 5.78 Å². The second-order valence-electron chi connectivity index (χ2n) is 3.47. The Kier molecular flexibility index (Phi) is 2.23. The fourth-order valence-electron chi connectivity index (χ4n) is 1.55. The van der Waals surface area contributed by atoms with Gasteiger partial charge in [0.1, 0.15) is 11.6 Å². The highest BCUT2D eigenvalue weighted by atomic mass is 19.1. The Balaban J connectivity index is 2.54. The summed E-state index contributed by atoms with van der Waals surface area (Å²) in [7, 11) is 0. The van der Waals surface area contributed by atoms with E-state index in [2.05, 4.69) is 0 Å². The number of carbonyl (C=O) groups excluding carboxylic acids is 1. The molecule has 0 bridgehead atoms. The third-order valence-electron chi connectivity index (χ3n) is 2.37. The van der Waals surface area contributed by atoms with Crippen molar-refractivity contribution in [1.29, 1.82) is 0 Å². The Hall–Kier alpha value is -1.38. The lowest BCUT2D eigenvalue weighted by Gasteiger charge is -2.07. The monoisotopic (exact) mass is 194 g/mol. The smallest absolute Gasteiger partial charge is 0.166 e. The van der Waals surface area contributed by atoms with Gasteiger partial charge < -0.3 is 4.74 Å². The molecule has 0 saturated carbocycles. The first-order valence-electron chi connectivity index (χ1n) is 4.64. The Morgan fingerprint density at radius 2 is 2.21 bits per heavy atom. The van der Waals surface area contributed by atoms with Crippen LogP contribution in [-0.4, -0.2) is 12.4 Å². The normalized spacial score (nSPS) is 15.7. The first-order chi connectivity index (χ1) is 6.68. The number of aryl methyl sites for hydroxylation is 1. The van der Waals surface area contributed by atoms with Gasteiger partial charge in [0, 0.05) is 12.5 Å². The quantitative estimate of drug-likeness (QED) is 0.634. The van der Waals surface area contributed by atoms with Crippen LogP contribution in [0.25, 0.3) is 0 Å². The van der Waals surface area contributed by atoms with Gasteiger partial charge in [0.25, 0.3) is 0 Å². The van der Waals surface area contributed by atoms with Crippen molar-refractivity contribution in [2.24, 2.45) is 0 Å². The van der Waals surface area contributed by atoms with Crippen LogP contribution in [0.4, 0.5) is 4.39 Å². The number of halogens is 1. The highest BCUT2D eigenvalue weighted by Crippen LogP contribution is 2.26. The minimum atomic E-state index is -0.321. The summed E-state index contributed by atoms with van der Waals surface area (Å²) in [6.45, 7) is 2.13. The van der Waals surface area contributed by atoms with Gasteiger partial charge >= 0.3 is 0 Å². The minimum absolute atomic E-state index is 0.0422. The molecule has 1 heterocycles. The van der Waals surface area contributed by atoms with Crippen molar-refractivity contribution in [3.63, 3.8) is 0 Å². The van der Waals surface area contributed by atoms with Crippen LogP contribution < -0.4 is 4.74 Å². The highest BCUT2D eigenvalue weighted by Gasteiger charge is 2.18. The molecular formula is C11H11FO2. The van der Waals surface area contributed by atoms with Crippen molar-refractivity contribution in [3.8, 4) is 5.75 Å². The van der Waals surface area contributed by atoms with E-state index in [-0.39, 0.29) is 11.6 Å². The van der Waals surface area contributed by atoms with Gasteiger partial charge in [-0.2, -0.15) is 0 Å². The Bertz CT molecular complexity index is 385. The topological polar surface area (TPSA) is 26.3 Å². The minimum Gasteiger partial charge on any atom is -0.493 e. The summed E-state index contributed by atoms with van der Waals surface area (Å²) in [4.78, 5) is 11.6. The van der Waals surface area contributed by atoms with Crippen LogP contribution in [-0.2, 0) is 0 Å². The maximum atomic E-state index is 13.2. The molecule has 0 unspecified atom stereocenters. The molecule has 1 aromatic rings. The molecule has 14 heavy (non-hydrogen) atoms. The van der Waals surface area contributed by atoms with E-state index < -0.39 is 0 Å². The van der Waals surface area contributed by atoms with Crippen LogP contribution in [0.1, 0.15) is 28.8 Å². The van der Waals surface area contributed by atoms with E-state index >= 15 is 0 Å². The van der Waals surface area contributed by atoms with E-state index in [0.717, 1.165) is 0 Å². The summed E-state index contributed by atoms with van der Waals surface area (Å²) in [6.07, 6.45) is 1.19. The lowest BCUT2D eigenvalue weighted by Crippen LogP contribution is -1.99. The fourth-order valence-corrected chi connectivity index (χ4v) is 1.55. The molecule has 2 nitrogen and oxygen atoms in total. The second-order valence-corrected chi connectivity index (χ2v) is 3.47. The summed E-state index contributed by atoms with van der Waals surface area (Å²) in [6, 6.07) is 2.87. The maximum absolute atomic E-state index is 13.2. The molecule has 1 aromatic carbocycles. The predicted octanol–water partition coefficient (Wildman–Crippen LogP) is 2.49. The zero-order valence-corrected chi connectivity index (χ0v) is 7.97. The van der Waals surface area contributed by atoms with Gasteiger partial charge in [-0.3, -0.25) is 4.79 Å². The van der Waals surface area contributed by atoms with Crippen LogP contribution >= 0.6 is 0 Å². The molecule has 74 valence electrons. The summed E-state index contributed by atoms with van der Waals surface area (Å²) < 4.78 is 18.5. The molecule has 3 heteroatoms. The van der Waals surface area contributed by atoms with Gasteiger partial charge in [-0.25, -0.2) is 4.39 Å². The van der Waals surface area contributed by atoms with Crippen molar-refractivity contribution in [2.45, 2.75) is 19.8 Å². The van der Waals surface area contributed by atoms with Gasteiger partial charge in [-0.1, -0.05) is 0 Å². The molecule has 0 N–H and O–H groups in total. The van der Waals surface area contributed by atoms with Crippen LogP contribution in [0, 0.1) is 12.7 Å². The molecule has 0 radical (unpaired) electrons. The number of Topliss-reactive ketones (excluding diaryl/α,β-unsaturated/α-hetero) is 1. The molecule has 1 aliphatic heterocycles. The molecule has 0 atom stereocenters. The second kappa shape index (κ2) is 3.40. The number of ether oxygens (including phenoxy) is 1. The number of benzene rings is 1. The Morgan fingerprint density at radius 1 is 1.43 bits per heavy atom. The van der Waals surface area contributed by atoms with E-state index in [1.807, 2.05) is 0 Å². The SMILES string of the molecule is Cc1cc2c(cc1F)OCCCC2=O. The summed E-state index contributed by atoms with van der Waals surface area (Å²) >= 11 is 0.